The van der Waals surface area contributed by atoms with E-state index >= 15 is 0 Å². The molecule has 0 spiro atoms. The zero-order valence-corrected chi connectivity index (χ0v) is 15.4. The van der Waals surface area contributed by atoms with E-state index in [0.29, 0.717) is 0 Å². The topological polar surface area (TPSA) is 20.3 Å². The van der Waals surface area contributed by atoms with Gasteiger partial charge in [0.15, 0.2) is 0 Å². The zero-order chi connectivity index (χ0) is 18.7. The van der Waals surface area contributed by atoms with Gasteiger partial charge in [0, 0.05) is 27.8 Å². The number of thiophene rings is 1. The van der Waals surface area contributed by atoms with Crippen LogP contribution in [0.25, 0.3) is 10.4 Å². The van der Waals surface area contributed by atoms with E-state index in [-0.39, 0.29) is 23.9 Å². The summed E-state index contributed by atoms with van der Waals surface area (Å²) in [5, 5.41) is 1.89. The Morgan fingerprint density at radius 2 is 1.81 bits per heavy atom. The fourth-order valence-electron chi connectivity index (χ4n) is 2.65. The maximum atomic E-state index is 14.1. The lowest BCUT2D eigenvalue weighted by molar-refractivity contribution is -0.121. The quantitative estimate of drug-likeness (QED) is 0.548. The van der Waals surface area contributed by atoms with Crippen molar-refractivity contribution in [2.24, 2.45) is 5.92 Å². The molecule has 2 nitrogen and oxygen atoms in total. The van der Waals surface area contributed by atoms with Gasteiger partial charge in [0.25, 0.3) is 0 Å². The highest BCUT2D eigenvalue weighted by molar-refractivity contribution is 7.14. The first-order valence-electron chi connectivity index (χ1n) is 8.35. The Bertz CT molecular complexity index is 905. The van der Waals surface area contributed by atoms with Gasteiger partial charge in [0.1, 0.15) is 11.6 Å². The van der Waals surface area contributed by atoms with Crippen LogP contribution in [0.1, 0.15) is 19.4 Å². The second-order valence-corrected chi connectivity index (χ2v) is 7.26. The summed E-state index contributed by atoms with van der Waals surface area (Å²) in [5.41, 5.74) is 2.07. The van der Waals surface area contributed by atoms with E-state index < -0.39 is 11.6 Å². The van der Waals surface area contributed by atoms with Crippen molar-refractivity contribution in [3.8, 4) is 10.4 Å². The molecule has 2 aromatic carbocycles. The van der Waals surface area contributed by atoms with Gasteiger partial charge in [-0.3, -0.25) is 4.79 Å². The molecule has 3 rings (SSSR count). The lowest BCUT2D eigenvalue weighted by Crippen LogP contribution is -2.33. The average molecular weight is 371 g/mol. The molecule has 0 aliphatic heterocycles. The molecule has 1 heterocycles. The molecular weight excluding hydrogens is 352 g/mol. The van der Waals surface area contributed by atoms with Crippen molar-refractivity contribution in [3.63, 3.8) is 0 Å². The van der Waals surface area contributed by atoms with Gasteiger partial charge in [0.05, 0.1) is 12.2 Å². The number of halogens is 2. The van der Waals surface area contributed by atoms with Crippen LogP contribution in [0.4, 0.5) is 14.5 Å². The maximum Gasteiger partial charge on any atom is 0.229 e. The molecule has 0 aliphatic carbocycles. The molecule has 0 N–H and O–H groups in total. The van der Waals surface area contributed by atoms with Crippen LogP contribution < -0.4 is 4.90 Å². The van der Waals surface area contributed by atoms with E-state index in [1.807, 2.05) is 41.8 Å². The average Bonchev–Trinajstić information content (AvgIpc) is 3.11. The number of benzene rings is 2. The molecule has 3 aromatic rings. The first-order valence-corrected chi connectivity index (χ1v) is 9.23. The van der Waals surface area contributed by atoms with Gasteiger partial charge in [-0.25, -0.2) is 8.78 Å². The predicted octanol–water partition coefficient (Wildman–Crippen LogP) is 5.88. The summed E-state index contributed by atoms with van der Waals surface area (Å²) in [6.45, 7) is 3.68. The second-order valence-electron chi connectivity index (χ2n) is 6.35. The summed E-state index contributed by atoms with van der Waals surface area (Å²) in [5.74, 6) is -1.62. The van der Waals surface area contributed by atoms with Crippen LogP contribution in [-0.4, -0.2) is 5.91 Å². The Morgan fingerprint density at radius 3 is 2.46 bits per heavy atom. The molecule has 1 amide bonds. The SMILES string of the molecule is CC(C)C(=O)N(Cc1ccc(F)cc1F)c1csc(-c2ccccc2)c1. The van der Waals surface area contributed by atoms with Crippen molar-refractivity contribution in [3.05, 3.63) is 77.2 Å². The first-order chi connectivity index (χ1) is 12.5. The normalized spacial score (nSPS) is 11.0. The van der Waals surface area contributed by atoms with Crippen molar-refractivity contribution in [1.29, 1.82) is 0 Å². The van der Waals surface area contributed by atoms with Crippen molar-refractivity contribution < 1.29 is 13.6 Å². The summed E-state index contributed by atoms with van der Waals surface area (Å²) in [4.78, 5) is 15.3. The number of carbonyl (C=O) groups excluding carboxylic acids is 1. The Labute approximate surface area is 155 Å². The van der Waals surface area contributed by atoms with Crippen LogP contribution in [0, 0.1) is 17.6 Å². The highest BCUT2D eigenvalue weighted by Gasteiger charge is 2.22. The van der Waals surface area contributed by atoms with Crippen LogP contribution in [0.2, 0.25) is 0 Å². The number of hydrogen-bond donors (Lipinski definition) is 0. The molecule has 0 unspecified atom stereocenters. The number of carbonyl (C=O) groups is 1. The number of hydrogen-bond acceptors (Lipinski definition) is 2. The van der Waals surface area contributed by atoms with E-state index in [4.69, 9.17) is 0 Å². The van der Waals surface area contributed by atoms with Gasteiger partial charge in [-0.2, -0.15) is 0 Å². The standard InChI is InChI=1S/C21H19F2NOS/c1-14(2)21(25)24(12-16-8-9-17(22)10-19(16)23)18-11-20(26-13-18)15-6-4-3-5-7-15/h3-11,13-14H,12H2,1-2H3. The van der Waals surface area contributed by atoms with E-state index in [1.54, 1.807) is 18.7 Å². The van der Waals surface area contributed by atoms with E-state index in [1.165, 1.54) is 23.5 Å². The molecule has 0 atom stereocenters. The molecule has 0 fully saturated rings. The molecule has 134 valence electrons. The number of rotatable bonds is 5. The van der Waals surface area contributed by atoms with Gasteiger partial charge in [-0.1, -0.05) is 50.2 Å². The number of amides is 1. The number of nitrogens with zero attached hydrogens (tertiary/aromatic N) is 1. The molecule has 0 aliphatic rings. The highest BCUT2D eigenvalue weighted by Crippen LogP contribution is 2.33. The number of anilines is 1. The van der Waals surface area contributed by atoms with Gasteiger partial charge < -0.3 is 4.90 Å². The van der Waals surface area contributed by atoms with E-state index in [2.05, 4.69) is 0 Å². The van der Waals surface area contributed by atoms with Crippen LogP contribution in [-0.2, 0) is 11.3 Å². The van der Waals surface area contributed by atoms with Crippen molar-refractivity contribution in [2.45, 2.75) is 20.4 Å². The first kappa shape index (κ1) is 18.3. The van der Waals surface area contributed by atoms with Gasteiger partial charge in [-0.05, 0) is 17.7 Å². The van der Waals surface area contributed by atoms with Crippen LogP contribution in [0.5, 0.6) is 0 Å². The van der Waals surface area contributed by atoms with Crippen LogP contribution in [0.3, 0.4) is 0 Å². The fourth-order valence-corrected chi connectivity index (χ4v) is 3.55. The smallest absolute Gasteiger partial charge is 0.229 e. The fraction of sp³-hybridized carbons (Fsp3) is 0.190. The van der Waals surface area contributed by atoms with Gasteiger partial charge >= 0.3 is 0 Å². The third kappa shape index (κ3) is 3.99. The summed E-state index contributed by atoms with van der Waals surface area (Å²) in [6.07, 6.45) is 0. The molecule has 0 bridgehead atoms. The molecule has 5 heteroatoms. The zero-order valence-electron chi connectivity index (χ0n) is 14.6. The largest absolute Gasteiger partial charge is 0.307 e. The van der Waals surface area contributed by atoms with E-state index in [0.717, 1.165) is 22.2 Å². The molecule has 0 saturated carbocycles. The van der Waals surface area contributed by atoms with Crippen molar-refractivity contribution >= 4 is 22.9 Å². The lowest BCUT2D eigenvalue weighted by Gasteiger charge is -2.24. The Kier molecular flexibility index (Phi) is 5.47. The third-order valence-electron chi connectivity index (χ3n) is 4.06. The lowest BCUT2D eigenvalue weighted by atomic mass is 10.1. The third-order valence-corrected chi connectivity index (χ3v) is 5.03. The predicted molar refractivity (Wildman–Crippen MR) is 102 cm³/mol. The summed E-state index contributed by atoms with van der Waals surface area (Å²) in [6, 6.07) is 15.2. The molecule has 26 heavy (non-hydrogen) atoms. The van der Waals surface area contributed by atoms with Crippen LogP contribution in [0.15, 0.2) is 60.0 Å². The van der Waals surface area contributed by atoms with Gasteiger partial charge in [-0.15, -0.1) is 11.3 Å². The summed E-state index contributed by atoms with van der Waals surface area (Å²) < 4.78 is 27.3. The van der Waals surface area contributed by atoms with Crippen molar-refractivity contribution in [2.75, 3.05) is 4.90 Å². The maximum absolute atomic E-state index is 14.1. The highest BCUT2D eigenvalue weighted by atomic mass is 32.1. The van der Waals surface area contributed by atoms with Crippen LogP contribution >= 0.6 is 11.3 Å². The second kappa shape index (κ2) is 7.79. The summed E-state index contributed by atoms with van der Waals surface area (Å²) in [7, 11) is 0. The summed E-state index contributed by atoms with van der Waals surface area (Å²) >= 11 is 1.53. The minimum atomic E-state index is -0.648. The monoisotopic (exact) mass is 371 g/mol. The Balaban J connectivity index is 1.94. The Hall–Kier alpha value is -2.53. The Morgan fingerprint density at radius 1 is 1.08 bits per heavy atom. The van der Waals surface area contributed by atoms with E-state index in [9.17, 15) is 13.6 Å². The van der Waals surface area contributed by atoms with Gasteiger partial charge in [0.2, 0.25) is 5.91 Å². The molecule has 0 saturated heterocycles. The minimum Gasteiger partial charge on any atom is -0.307 e. The van der Waals surface area contributed by atoms with Crippen molar-refractivity contribution in [1.82, 2.24) is 0 Å². The minimum absolute atomic E-state index is 0.0636. The molecular formula is C21H19F2NOS. The molecule has 0 radical (unpaired) electrons. The molecule has 1 aromatic heterocycles.